The van der Waals surface area contributed by atoms with Crippen LogP contribution in [0.15, 0.2) is 42.5 Å². The van der Waals surface area contributed by atoms with Crippen molar-refractivity contribution in [1.29, 1.82) is 0 Å². The van der Waals surface area contributed by atoms with Crippen molar-refractivity contribution in [2.75, 3.05) is 27.3 Å². The topological polar surface area (TPSA) is 156 Å². The number of carbonyl (C=O) groups excluding carboxylic acids is 4. The molecule has 0 aliphatic carbocycles. The fourth-order valence-electron chi connectivity index (χ4n) is 8.81. The number of hydrogen-bond acceptors (Lipinski definition) is 9. The van der Waals surface area contributed by atoms with Gasteiger partial charge in [-0.25, -0.2) is 14.8 Å². The number of aromatic amines is 1. The van der Waals surface area contributed by atoms with E-state index in [0.29, 0.717) is 39.2 Å². The number of aromatic nitrogens is 3. The van der Waals surface area contributed by atoms with Crippen molar-refractivity contribution in [3.05, 3.63) is 70.0 Å². The van der Waals surface area contributed by atoms with Crippen LogP contribution in [-0.2, 0) is 30.3 Å². The number of alkyl carbamates (subject to hydrolysis) is 1. The number of H-pyrrole nitrogens is 1. The predicted molar refractivity (Wildman–Crippen MR) is 234 cm³/mol. The Morgan fingerprint density at radius 1 is 0.917 bits per heavy atom. The Morgan fingerprint density at radius 3 is 2.25 bits per heavy atom. The molecule has 4 heterocycles. The third-order valence-electron chi connectivity index (χ3n) is 12.0. The number of methoxy groups -OCH3 is 2. The van der Waals surface area contributed by atoms with E-state index in [1.807, 2.05) is 80.0 Å². The van der Waals surface area contributed by atoms with Gasteiger partial charge in [0.1, 0.15) is 23.1 Å². The van der Waals surface area contributed by atoms with Crippen LogP contribution in [0.2, 0.25) is 0 Å². The summed E-state index contributed by atoms with van der Waals surface area (Å²) >= 11 is 0. The number of nitrogens with zero attached hydrogens (tertiary/aromatic N) is 4. The number of esters is 1. The van der Waals surface area contributed by atoms with Gasteiger partial charge in [-0.3, -0.25) is 14.4 Å². The van der Waals surface area contributed by atoms with E-state index in [0.717, 1.165) is 70.3 Å². The summed E-state index contributed by atoms with van der Waals surface area (Å²) in [6.45, 7) is 13.2. The maximum absolute atomic E-state index is 14.2. The number of likely N-dealkylation sites (tertiary alicyclic amines) is 2. The lowest BCUT2D eigenvalue weighted by Gasteiger charge is -2.34. The quantitative estimate of drug-likeness (QED) is 0.119. The Balaban J connectivity index is 1.15. The number of nitrogens with one attached hydrogen (secondary N) is 2. The summed E-state index contributed by atoms with van der Waals surface area (Å²) in [6.07, 6.45) is 8.47. The first-order valence-corrected chi connectivity index (χ1v) is 22.4. The van der Waals surface area contributed by atoms with Crippen LogP contribution in [0.1, 0.15) is 109 Å². The summed E-state index contributed by atoms with van der Waals surface area (Å²) in [7, 11) is 3.04. The lowest BCUT2D eigenvalue weighted by molar-refractivity contribution is -0.145. The second kappa shape index (κ2) is 19.9. The molecule has 322 valence electrons. The fourth-order valence-corrected chi connectivity index (χ4v) is 10.2. The van der Waals surface area contributed by atoms with Crippen LogP contribution in [0.25, 0.3) is 22.8 Å². The van der Waals surface area contributed by atoms with E-state index in [1.54, 1.807) is 0 Å². The summed E-state index contributed by atoms with van der Waals surface area (Å²) < 4.78 is 16.2. The smallest absolute Gasteiger partial charge is 0.407 e. The molecular weight excluding hydrogens is 780 g/mol. The maximum atomic E-state index is 14.2. The summed E-state index contributed by atoms with van der Waals surface area (Å²) in [5.41, 5.74) is 2.92. The molecular formula is C46H61N6O7P. The molecule has 6 atom stereocenters. The van der Waals surface area contributed by atoms with Crippen molar-refractivity contribution in [3.63, 3.8) is 0 Å². The third-order valence-corrected chi connectivity index (χ3v) is 13.4. The number of hydrogen-bond donors (Lipinski definition) is 2. The van der Waals surface area contributed by atoms with E-state index >= 15 is 0 Å². The number of ether oxygens (including phenoxy) is 3. The number of carbonyl (C=O) groups is 4. The molecule has 2 aromatic carbocycles. The zero-order valence-corrected chi connectivity index (χ0v) is 37.2. The molecule has 0 saturated carbocycles. The fraction of sp³-hybridized carbons (Fsp3) is 0.522. The zero-order chi connectivity index (χ0) is 43.1. The Kier molecular flexibility index (Phi) is 14.7. The van der Waals surface area contributed by atoms with Crippen LogP contribution in [0.3, 0.4) is 0 Å². The zero-order valence-electron chi connectivity index (χ0n) is 36.2. The Labute approximate surface area is 354 Å². The second-order valence-corrected chi connectivity index (χ2v) is 17.9. The molecule has 0 bridgehead atoms. The van der Waals surface area contributed by atoms with Gasteiger partial charge >= 0.3 is 12.1 Å². The van der Waals surface area contributed by atoms with Gasteiger partial charge in [-0.15, -0.1) is 8.19 Å². The molecule has 2 saturated heterocycles. The third kappa shape index (κ3) is 9.89. The molecule has 2 fully saturated rings. The van der Waals surface area contributed by atoms with Crippen LogP contribution < -0.4 is 20.8 Å². The van der Waals surface area contributed by atoms with E-state index in [-0.39, 0.29) is 60.0 Å². The molecule has 4 aromatic rings. The maximum Gasteiger partial charge on any atom is 0.407 e. The first-order valence-electron chi connectivity index (χ1n) is 21.4. The van der Waals surface area contributed by atoms with Gasteiger partial charge in [-0.05, 0) is 86.6 Å². The van der Waals surface area contributed by atoms with Crippen LogP contribution in [0.5, 0.6) is 11.5 Å². The summed E-state index contributed by atoms with van der Waals surface area (Å²) in [4.78, 5) is 69.5. The molecule has 6 unspecified atom stereocenters. The van der Waals surface area contributed by atoms with Gasteiger partial charge in [0.2, 0.25) is 11.8 Å². The standard InChI is InChI=1S/C46H61N6O7P/c1-9-30(26-38(53)57-7)39(27(3)4)44(54)52-25-13-15-35(52)43-49-41-36(16-11-17-37(41)60-43)59-31-21-18-29(19-22-31)20-23-33-32(10-2)47-42(48-33)34-14-12-24-51(34)45(55)40(28(5)6)50-46(56)58-8/h10-11,16-19,21-23,27-28,30,34-35,39-40,60H,9,12-15,20,24-26H2,1-8H3,(H,47,48)(H,50,56)/b32-10+,33-23+. The lowest BCUT2D eigenvalue weighted by atomic mass is 9.79. The minimum atomic E-state index is -0.694. The molecule has 0 spiro atoms. The van der Waals surface area contributed by atoms with Gasteiger partial charge < -0.3 is 34.3 Å². The van der Waals surface area contributed by atoms with Crippen LogP contribution in [-0.4, -0.2) is 82.0 Å². The van der Waals surface area contributed by atoms with Gasteiger partial charge in [-0.2, -0.15) is 0 Å². The molecule has 2 aliphatic heterocycles. The summed E-state index contributed by atoms with van der Waals surface area (Å²) in [5, 5.41) is 5.53. The molecule has 2 N–H and O–H groups in total. The molecule has 2 aliphatic rings. The van der Waals surface area contributed by atoms with Crippen molar-refractivity contribution >= 4 is 54.9 Å². The molecule has 6 rings (SSSR count). The van der Waals surface area contributed by atoms with E-state index < -0.39 is 12.1 Å². The van der Waals surface area contributed by atoms with Gasteiger partial charge in [0.25, 0.3) is 0 Å². The van der Waals surface area contributed by atoms with Crippen molar-refractivity contribution in [3.8, 4) is 11.5 Å². The highest BCUT2D eigenvalue weighted by molar-refractivity contribution is 7.37. The first kappa shape index (κ1) is 44.4. The largest absolute Gasteiger partial charge is 0.469 e. The SMILES string of the molecule is C/C=c1/nc(C2CCCN2C(=O)C(NC(=O)OC)C(C)C)[nH]/c1=C/Cc1ccc(Oc2cccc3[pH]c(C4CCCN4C(=O)C(C(C)C)C(CC)CC(=O)OC)nc23)cc1. The van der Waals surface area contributed by atoms with E-state index in [2.05, 4.69) is 36.3 Å². The highest BCUT2D eigenvalue weighted by atomic mass is 31.0. The lowest BCUT2D eigenvalue weighted by Crippen LogP contribution is -2.51. The highest BCUT2D eigenvalue weighted by Crippen LogP contribution is 2.44. The predicted octanol–water partition coefficient (Wildman–Crippen LogP) is 7.17. The van der Waals surface area contributed by atoms with Crippen molar-refractivity contribution < 1.29 is 33.4 Å². The molecule has 2 aromatic heterocycles. The average Bonchev–Trinajstić information content (AvgIpc) is 4.07. The van der Waals surface area contributed by atoms with Crippen LogP contribution >= 0.6 is 8.19 Å². The minimum absolute atomic E-state index is 0.0764. The number of rotatable bonds is 15. The minimum Gasteiger partial charge on any atom is -0.469 e. The Bertz CT molecular complexity index is 2270. The molecule has 60 heavy (non-hydrogen) atoms. The van der Waals surface area contributed by atoms with Crippen molar-refractivity contribution in [1.82, 2.24) is 30.1 Å². The highest BCUT2D eigenvalue weighted by Gasteiger charge is 2.40. The number of para-hydroxylation sites is 1. The van der Waals surface area contributed by atoms with Crippen molar-refractivity contribution in [2.24, 2.45) is 23.7 Å². The number of fused-ring (bicyclic) bond motifs is 1. The van der Waals surface area contributed by atoms with Gasteiger partial charge in [0, 0.05) is 30.5 Å². The van der Waals surface area contributed by atoms with Crippen molar-refractivity contribution in [2.45, 2.75) is 105 Å². The van der Waals surface area contributed by atoms with Crippen LogP contribution in [0.4, 0.5) is 4.79 Å². The van der Waals surface area contributed by atoms with E-state index in [4.69, 9.17) is 24.2 Å². The molecule has 13 nitrogen and oxygen atoms in total. The monoisotopic (exact) mass is 840 g/mol. The Morgan fingerprint density at radius 2 is 1.62 bits per heavy atom. The van der Waals surface area contributed by atoms with E-state index in [9.17, 15) is 19.2 Å². The molecule has 3 amide bonds. The summed E-state index contributed by atoms with van der Waals surface area (Å²) in [5.74, 6) is 1.43. The number of benzene rings is 2. The Hall–Kier alpha value is -5.16. The number of amides is 3. The van der Waals surface area contributed by atoms with Gasteiger partial charge in [0.15, 0.2) is 5.75 Å². The van der Waals surface area contributed by atoms with Crippen LogP contribution in [0, 0.1) is 23.7 Å². The second-order valence-electron chi connectivity index (χ2n) is 16.6. The first-order chi connectivity index (χ1) is 28.9. The average molecular weight is 841 g/mol. The molecule has 14 heteroatoms. The van der Waals surface area contributed by atoms with E-state index in [1.165, 1.54) is 14.2 Å². The normalized spacial score (nSPS) is 19.1. The van der Waals surface area contributed by atoms with Gasteiger partial charge in [-0.1, -0.05) is 71.4 Å². The molecule has 0 radical (unpaired) electrons. The van der Waals surface area contributed by atoms with Gasteiger partial charge in [0.05, 0.1) is 42.4 Å². The number of imidazole rings is 1. The summed E-state index contributed by atoms with van der Waals surface area (Å²) in [6, 6.07) is 13.1.